The Kier molecular flexibility index (Phi) is 5.71. The van der Waals surface area contributed by atoms with Crippen LogP contribution in [0.3, 0.4) is 0 Å². The number of thioether (sulfide) groups is 1. The number of aromatic nitrogens is 1. The third kappa shape index (κ3) is 3.61. The summed E-state index contributed by atoms with van der Waals surface area (Å²) in [5, 5.41) is 12.6. The summed E-state index contributed by atoms with van der Waals surface area (Å²) in [4.78, 5) is 28.5. The highest BCUT2D eigenvalue weighted by atomic mass is 32.2. The summed E-state index contributed by atoms with van der Waals surface area (Å²) in [7, 11) is 0. The average Bonchev–Trinajstić information content (AvgIpc) is 3.08. The van der Waals surface area contributed by atoms with Crippen LogP contribution in [0.25, 0.3) is 0 Å². The summed E-state index contributed by atoms with van der Waals surface area (Å²) in [6, 6.07) is 8.73. The number of nitrogens with zero attached hydrogens (tertiary/aromatic N) is 3. The Bertz CT molecular complexity index is 1520. The highest BCUT2D eigenvalue weighted by molar-refractivity contribution is 7.98. The number of ether oxygens (including phenoxy) is 1. The van der Waals surface area contributed by atoms with E-state index in [-0.39, 0.29) is 42.1 Å². The van der Waals surface area contributed by atoms with Gasteiger partial charge in [0, 0.05) is 40.1 Å². The van der Waals surface area contributed by atoms with Crippen LogP contribution in [0, 0.1) is 11.6 Å². The molecule has 1 aromatic heterocycles. The second-order valence-corrected chi connectivity index (χ2v) is 10.1. The van der Waals surface area contributed by atoms with Gasteiger partial charge in [0.2, 0.25) is 5.43 Å². The number of amides is 1. The molecule has 0 unspecified atom stereocenters. The first-order valence-corrected chi connectivity index (χ1v) is 12.9. The van der Waals surface area contributed by atoms with E-state index in [1.807, 2.05) is 37.3 Å². The number of carbonyl (C=O) groups is 1. The summed E-state index contributed by atoms with van der Waals surface area (Å²) in [6.45, 7) is 2.08. The quantitative estimate of drug-likeness (QED) is 0.480. The van der Waals surface area contributed by atoms with Crippen molar-refractivity contribution in [3.05, 3.63) is 99.0 Å². The van der Waals surface area contributed by atoms with E-state index in [1.54, 1.807) is 16.0 Å². The molecule has 4 heterocycles. The molecule has 2 bridgehead atoms. The lowest BCUT2D eigenvalue weighted by molar-refractivity contribution is 0.0625. The molecule has 37 heavy (non-hydrogen) atoms. The molecular weight excluding hydrogens is 500 g/mol. The number of hydrogen-bond acceptors (Lipinski definition) is 6. The van der Waals surface area contributed by atoms with Gasteiger partial charge in [-0.3, -0.25) is 19.3 Å². The molecule has 190 valence electrons. The van der Waals surface area contributed by atoms with E-state index in [9.17, 15) is 19.1 Å². The number of hydrogen-bond donors (Lipinski definition) is 1. The normalized spacial score (nSPS) is 21.1. The van der Waals surface area contributed by atoms with Crippen LogP contribution in [-0.4, -0.2) is 39.9 Å². The third-order valence-electron chi connectivity index (χ3n) is 7.08. The third-order valence-corrected chi connectivity index (χ3v) is 8.20. The number of rotatable bonds is 1. The van der Waals surface area contributed by atoms with Gasteiger partial charge in [0.25, 0.3) is 5.91 Å². The van der Waals surface area contributed by atoms with Crippen molar-refractivity contribution in [1.82, 2.24) is 9.58 Å². The first-order valence-electron chi connectivity index (χ1n) is 11.9. The Morgan fingerprint density at radius 3 is 2.81 bits per heavy atom. The van der Waals surface area contributed by atoms with Crippen LogP contribution in [0.2, 0.25) is 0 Å². The summed E-state index contributed by atoms with van der Waals surface area (Å²) < 4.78 is 37.7. The molecule has 3 aliphatic heterocycles. The molecule has 3 aliphatic rings. The second-order valence-electron chi connectivity index (χ2n) is 9.08. The zero-order valence-corrected chi connectivity index (χ0v) is 20.7. The predicted molar refractivity (Wildman–Crippen MR) is 135 cm³/mol. The van der Waals surface area contributed by atoms with Gasteiger partial charge in [-0.25, -0.2) is 8.78 Å². The topological polar surface area (TPSA) is 75.0 Å². The van der Waals surface area contributed by atoms with Gasteiger partial charge >= 0.3 is 0 Å². The van der Waals surface area contributed by atoms with E-state index >= 15 is 4.39 Å². The fraction of sp³-hybridized carbons (Fsp3) is 0.259. The van der Waals surface area contributed by atoms with Crippen molar-refractivity contribution in [1.29, 1.82) is 0 Å². The molecule has 0 saturated carbocycles. The zero-order chi connectivity index (χ0) is 25.8. The van der Waals surface area contributed by atoms with Gasteiger partial charge in [0.1, 0.15) is 25.1 Å². The molecule has 0 radical (unpaired) electrons. The lowest BCUT2D eigenvalue weighted by Gasteiger charge is -2.46. The summed E-state index contributed by atoms with van der Waals surface area (Å²) in [5.74, 6) is -2.72. The molecule has 1 amide bonds. The maximum absolute atomic E-state index is 15.4. The molecule has 7 nitrogen and oxygen atoms in total. The lowest BCUT2D eigenvalue weighted by atomic mass is 9.92. The second kappa shape index (κ2) is 8.95. The first-order chi connectivity index (χ1) is 17.9. The van der Waals surface area contributed by atoms with Gasteiger partial charge in [-0.2, -0.15) is 0 Å². The van der Waals surface area contributed by atoms with E-state index in [2.05, 4.69) is 0 Å². The van der Waals surface area contributed by atoms with Crippen LogP contribution in [0.15, 0.2) is 64.4 Å². The van der Waals surface area contributed by atoms with Crippen LogP contribution < -0.4 is 15.2 Å². The van der Waals surface area contributed by atoms with Crippen LogP contribution in [0.4, 0.5) is 8.78 Å². The van der Waals surface area contributed by atoms with Crippen molar-refractivity contribution in [2.75, 3.05) is 18.3 Å². The van der Waals surface area contributed by atoms with E-state index < -0.39 is 34.8 Å². The van der Waals surface area contributed by atoms with Crippen molar-refractivity contribution < 1.29 is 23.4 Å². The SMILES string of the molecule is CC[C@H]1/C=C\COc2cc(F)c(F)c3c2[C@H](c2ccccc2SC3)N2CN1C(=O)c1c(O)c(=O)ccn12. The highest BCUT2D eigenvalue weighted by Crippen LogP contribution is 2.47. The largest absolute Gasteiger partial charge is 0.502 e. The van der Waals surface area contributed by atoms with E-state index in [1.165, 1.54) is 28.7 Å². The molecule has 0 spiro atoms. The molecule has 0 fully saturated rings. The molecule has 0 saturated heterocycles. The summed E-state index contributed by atoms with van der Waals surface area (Å²) in [6.07, 6.45) is 5.56. The minimum Gasteiger partial charge on any atom is -0.502 e. The number of carbonyl (C=O) groups excluding carboxylic acids is 1. The first kappa shape index (κ1) is 23.6. The molecule has 0 aliphatic carbocycles. The van der Waals surface area contributed by atoms with Crippen LogP contribution in [-0.2, 0) is 5.75 Å². The van der Waals surface area contributed by atoms with Crippen LogP contribution in [0.5, 0.6) is 11.5 Å². The molecule has 6 rings (SSSR count). The number of aromatic hydroxyl groups is 1. The lowest BCUT2D eigenvalue weighted by Crippen LogP contribution is -2.57. The van der Waals surface area contributed by atoms with Crippen molar-refractivity contribution >= 4 is 17.7 Å². The van der Waals surface area contributed by atoms with Gasteiger partial charge in [-0.15, -0.1) is 11.8 Å². The van der Waals surface area contributed by atoms with Gasteiger partial charge in [-0.1, -0.05) is 31.2 Å². The minimum absolute atomic E-state index is 0.0680. The number of benzene rings is 2. The maximum atomic E-state index is 15.4. The van der Waals surface area contributed by atoms with Crippen molar-refractivity contribution in [2.24, 2.45) is 0 Å². The monoisotopic (exact) mass is 523 g/mol. The fourth-order valence-electron chi connectivity index (χ4n) is 5.31. The van der Waals surface area contributed by atoms with Crippen LogP contribution in [0.1, 0.15) is 46.6 Å². The molecule has 1 N–H and O–H groups in total. The fourth-order valence-corrected chi connectivity index (χ4v) is 6.41. The Labute approximate surface area is 215 Å². The van der Waals surface area contributed by atoms with Gasteiger partial charge in [0.15, 0.2) is 23.1 Å². The minimum atomic E-state index is -0.999. The van der Waals surface area contributed by atoms with E-state index in [0.29, 0.717) is 12.0 Å². The van der Waals surface area contributed by atoms with E-state index in [0.717, 1.165) is 16.5 Å². The van der Waals surface area contributed by atoms with Crippen molar-refractivity contribution in [2.45, 2.75) is 36.1 Å². The summed E-state index contributed by atoms with van der Waals surface area (Å²) in [5.41, 5.74) is 0.570. The standard InChI is InChI=1S/C27H23F2N3O4S/c1-2-15-6-5-11-36-20-12-18(28)23(29)17-13-37-21-8-4-3-7-16(21)24(22(17)20)32-14-30(15)27(35)25-26(34)19(33)9-10-31(25)32/h3-10,12,15,24,34H,2,11,13-14H2,1H3/b6-5-/t15-,24-/m0/s1. The summed E-state index contributed by atoms with van der Waals surface area (Å²) >= 11 is 1.39. The Morgan fingerprint density at radius 2 is 2.00 bits per heavy atom. The molecule has 3 aromatic rings. The number of fused-ring (bicyclic) bond motifs is 7. The maximum Gasteiger partial charge on any atom is 0.278 e. The predicted octanol–water partition coefficient (Wildman–Crippen LogP) is 4.31. The van der Waals surface area contributed by atoms with Gasteiger partial charge < -0.3 is 14.7 Å². The van der Waals surface area contributed by atoms with Gasteiger partial charge in [0.05, 0.1) is 6.04 Å². The highest BCUT2D eigenvalue weighted by Gasteiger charge is 2.42. The zero-order valence-electron chi connectivity index (χ0n) is 19.9. The van der Waals surface area contributed by atoms with Crippen LogP contribution >= 0.6 is 11.8 Å². The van der Waals surface area contributed by atoms with Crippen molar-refractivity contribution in [3.63, 3.8) is 0 Å². The molecule has 10 heteroatoms. The molecular formula is C27H23F2N3O4S. The average molecular weight is 524 g/mol. The van der Waals surface area contributed by atoms with Gasteiger partial charge in [-0.05, 0) is 24.1 Å². The molecule has 2 atom stereocenters. The number of halogens is 2. The smallest absolute Gasteiger partial charge is 0.278 e. The molecule has 2 aromatic carbocycles. The number of pyridine rings is 1. The van der Waals surface area contributed by atoms with Crippen molar-refractivity contribution in [3.8, 4) is 11.5 Å². The Morgan fingerprint density at radius 1 is 1.19 bits per heavy atom. The van der Waals surface area contributed by atoms with E-state index in [4.69, 9.17) is 4.74 Å². The Balaban J connectivity index is 1.72. The Hall–Kier alpha value is -3.79.